The van der Waals surface area contributed by atoms with E-state index in [4.69, 9.17) is 0 Å². The Bertz CT molecular complexity index is 315. The normalized spacial score (nSPS) is 8.00. The zero-order valence-electron chi connectivity index (χ0n) is 6.97. The van der Waals surface area contributed by atoms with E-state index in [1.54, 1.807) is 0 Å². The van der Waals surface area contributed by atoms with Gasteiger partial charge in [-0.3, -0.25) is 10.1 Å². The molecule has 7 heteroatoms. The Morgan fingerprint density at radius 1 is 1.36 bits per heavy atom. The van der Waals surface area contributed by atoms with Gasteiger partial charge < -0.3 is 22.3 Å². The Morgan fingerprint density at radius 3 is 2.36 bits per heavy atom. The van der Waals surface area contributed by atoms with Gasteiger partial charge >= 0.3 is 23.1 Å². The molecule has 0 N–H and O–H groups in total. The van der Waals surface area contributed by atoms with Gasteiger partial charge in [-0.05, 0) is 0 Å². The number of non-ortho nitro benzene ring substituents is 1. The van der Waals surface area contributed by atoms with E-state index in [0.29, 0.717) is 0 Å². The molecule has 0 heterocycles. The quantitative estimate of drug-likeness (QED) is 0.298. The van der Waals surface area contributed by atoms with Crippen LogP contribution in [-0.2, 0) is 0 Å². The molecule has 0 unspecified atom stereocenters. The number of carbonyl (C=O) groups is 1. The minimum Gasteiger partial charge on any atom is -1.00 e. The van der Waals surface area contributed by atoms with Crippen molar-refractivity contribution in [2.75, 3.05) is 0 Å². The molecule has 1 rings (SSSR count). The largest absolute Gasteiger partial charge is 2.00 e. The summed E-state index contributed by atoms with van der Waals surface area (Å²) in [5, 5.41) is 20.4. The van der Waals surface area contributed by atoms with Crippen LogP contribution in [0.5, 0.6) is 0 Å². The van der Waals surface area contributed by atoms with E-state index in [1.807, 2.05) is 0 Å². The predicted octanol–water partition coefficient (Wildman–Crippen LogP) is -3.42. The van der Waals surface area contributed by atoms with Gasteiger partial charge in [0.1, 0.15) is 0 Å². The summed E-state index contributed by atoms with van der Waals surface area (Å²) in [6, 6.07) is 4.70. The molecule has 0 aromatic heterocycles. The SMILES string of the molecule is O=C([O-])c1cccc([N+](=O)[O-])c1.[Cl-].[Mg+2]. The average Bonchev–Trinajstić information content (AvgIpc) is 2.04. The molecule has 0 amide bonds. The number of hydrogen-bond donors (Lipinski definition) is 0. The molecule has 0 aliphatic heterocycles. The summed E-state index contributed by atoms with van der Waals surface area (Å²) in [5.41, 5.74) is -0.444. The van der Waals surface area contributed by atoms with Crippen LogP contribution in [0.25, 0.3) is 0 Å². The molecule has 0 bridgehead atoms. The van der Waals surface area contributed by atoms with Crippen molar-refractivity contribution in [1.82, 2.24) is 0 Å². The van der Waals surface area contributed by atoms with E-state index in [0.717, 1.165) is 6.07 Å². The number of carbonyl (C=O) groups excluding carboxylic acids is 1. The molecule has 1 aromatic rings. The molecular formula is C7H4ClMgNO4. The van der Waals surface area contributed by atoms with Crippen LogP contribution in [0, 0.1) is 10.1 Å². The van der Waals surface area contributed by atoms with Crippen LogP contribution in [0.3, 0.4) is 0 Å². The van der Waals surface area contributed by atoms with Gasteiger partial charge in [0.2, 0.25) is 0 Å². The van der Waals surface area contributed by atoms with Gasteiger partial charge in [-0.25, -0.2) is 0 Å². The molecule has 0 saturated heterocycles. The molecule has 14 heavy (non-hydrogen) atoms. The first-order chi connectivity index (χ1) is 5.61. The van der Waals surface area contributed by atoms with Gasteiger partial charge in [0.15, 0.2) is 0 Å². The maximum atomic E-state index is 10.2. The Kier molecular flexibility index (Phi) is 7.33. The van der Waals surface area contributed by atoms with Gasteiger partial charge in [-0.2, -0.15) is 0 Å². The van der Waals surface area contributed by atoms with Gasteiger partial charge in [-0.1, -0.05) is 12.1 Å². The van der Waals surface area contributed by atoms with Crippen LogP contribution in [0.15, 0.2) is 24.3 Å². The fourth-order valence-electron chi connectivity index (χ4n) is 0.746. The predicted molar refractivity (Wildman–Crippen MR) is 43.2 cm³/mol. The number of nitro groups is 1. The molecule has 0 fully saturated rings. The van der Waals surface area contributed by atoms with Gasteiger partial charge in [0, 0.05) is 17.7 Å². The summed E-state index contributed by atoms with van der Waals surface area (Å²) >= 11 is 0. The molecule has 0 spiro atoms. The molecule has 5 nitrogen and oxygen atoms in total. The van der Waals surface area contributed by atoms with Crippen molar-refractivity contribution in [3.05, 3.63) is 39.9 Å². The Morgan fingerprint density at radius 2 is 1.93 bits per heavy atom. The van der Waals surface area contributed by atoms with Crippen molar-refractivity contribution in [2.45, 2.75) is 0 Å². The maximum Gasteiger partial charge on any atom is 2.00 e. The Labute approximate surface area is 102 Å². The monoisotopic (exact) mass is 225 g/mol. The van der Waals surface area contributed by atoms with Crippen molar-refractivity contribution < 1.29 is 27.2 Å². The first-order valence-corrected chi connectivity index (χ1v) is 3.07. The fourth-order valence-corrected chi connectivity index (χ4v) is 0.746. The fraction of sp³-hybridized carbons (Fsp3) is 0. The third kappa shape index (κ3) is 3.90. The average molecular weight is 226 g/mol. The molecule has 70 valence electrons. The maximum absolute atomic E-state index is 10.2. The Hall–Kier alpha value is -0.854. The van der Waals surface area contributed by atoms with Crippen LogP contribution in [0.2, 0.25) is 0 Å². The number of carboxylic acids is 1. The van der Waals surface area contributed by atoms with Crippen LogP contribution in [0.4, 0.5) is 5.69 Å². The second-order valence-electron chi connectivity index (χ2n) is 2.09. The van der Waals surface area contributed by atoms with Crippen molar-refractivity contribution in [1.29, 1.82) is 0 Å². The van der Waals surface area contributed by atoms with Crippen molar-refractivity contribution >= 4 is 34.7 Å². The second-order valence-corrected chi connectivity index (χ2v) is 2.09. The molecule has 0 saturated carbocycles. The van der Waals surface area contributed by atoms with Crippen LogP contribution >= 0.6 is 0 Å². The number of nitro benzene ring substituents is 1. The molecule has 0 aliphatic carbocycles. The molecule has 1 aromatic carbocycles. The molecule has 0 aliphatic rings. The number of hydrogen-bond acceptors (Lipinski definition) is 4. The standard InChI is InChI=1S/C7H5NO4.ClH.Mg/c9-7(10)5-2-1-3-6(4-5)8(11)12;;/h1-4H,(H,9,10);1H;/q;;+2/p-2. The van der Waals surface area contributed by atoms with Gasteiger partial charge in [0.05, 0.1) is 10.9 Å². The van der Waals surface area contributed by atoms with E-state index in [9.17, 15) is 20.0 Å². The molecular weight excluding hydrogens is 222 g/mol. The zero-order valence-corrected chi connectivity index (χ0v) is 9.14. The topological polar surface area (TPSA) is 83.3 Å². The van der Waals surface area contributed by atoms with Crippen molar-refractivity contribution in [2.24, 2.45) is 0 Å². The summed E-state index contributed by atoms with van der Waals surface area (Å²) < 4.78 is 0. The van der Waals surface area contributed by atoms with Crippen LogP contribution < -0.4 is 17.5 Å². The molecule has 0 radical (unpaired) electrons. The minimum absolute atomic E-state index is 0. The number of rotatable bonds is 2. The van der Waals surface area contributed by atoms with E-state index < -0.39 is 10.9 Å². The summed E-state index contributed by atoms with van der Waals surface area (Å²) in [6.07, 6.45) is 0. The summed E-state index contributed by atoms with van der Waals surface area (Å²) in [6.45, 7) is 0. The summed E-state index contributed by atoms with van der Waals surface area (Å²) in [5.74, 6) is -1.42. The van der Waals surface area contributed by atoms with Crippen molar-refractivity contribution in [3.63, 3.8) is 0 Å². The smallest absolute Gasteiger partial charge is 1.00 e. The second kappa shape index (κ2) is 6.58. The number of halogens is 1. The summed E-state index contributed by atoms with van der Waals surface area (Å²) in [7, 11) is 0. The van der Waals surface area contributed by atoms with E-state index in [2.05, 4.69) is 0 Å². The van der Waals surface area contributed by atoms with Crippen LogP contribution in [-0.4, -0.2) is 33.9 Å². The number of nitrogens with zero attached hydrogens (tertiary/aromatic N) is 1. The number of benzene rings is 1. The van der Waals surface area contributed by atoms with E-state index >= 15 is 0 Å². The number of carboxylic acid groups (broad SMARTS) is 1. The molecule has 0 atom stereocenters. The van der Waals surface area contributed by atoms with Gasteiger partial charge in [-0.15, -0.1) is 0 Å². The van der Waals surface area contributed by atoms with Crippen LogP contribution in [0.1, 0.15) is 10.4 Å². The van der Waals surface area contributed by atoms with E-state index in [-0.39, 0.29) is 46.7 Å². The number of aromatic carboxylic acids is 1. The summed E-state index contributed by atoms with van der Waals surface area (Å²) in [4.78, 5) is 19.7. The minimum atomic E-state index is -1.42. The van der Waals surface area contributed by atoms with E-state index in [1.165, 1.54) is 18.2 Å². The first-order valence-electron chi connectivity index (χ1n) is 3.07. The first kappa shape index (κ1) is 15.6. The zero-order chi connectivity index (χ0) is 9.14. The third-order valence-electron chi connectivity index (χ3n) is 1.29. The Balaban J connectivity index is 0. The third-order valence-corrected chi connectivity index (χ3v) is 1.29. The van der Waals surface area contributed by atoms with Crippen molar-refractivity contribution in [3.8, 4) is 0 Å². The van der Waals surface area contributed by atoms with Gasteiger partial charge in [0.25, 0.3) is 5.69 Å².